The molecule has 1 aromatic rings. The van der Waals surface area contributed by atoms with Gasteiger partial charge in [-0.3, -0.25) is 4.79 Å². The second-order valence-corrected chi connectivity index (χ2v) is 4.46. The molecule has 0 unspecified atom stereocenters. The summed E-state index contributed by atoms with van der Waals surface area (Å²) in [5.41, 5.74) is 6.47. The smallest absolute Gasteiger partial charge is 0.338 e. The number of carbonyl (C=O) groups excluding carboxylic acids is 2. The van der Waals surface area contributed by atoms with Gasteiger partial charge in [0.1, 0.15) is 0 Å². The number of esters is 1. The fourth-order valence-corrected chi connectivity index (χ4v) is 1.66. The fraction of sp³-hybridized carbons (Fsp3) is 0.429. The van der Waals surface area contributed by atoms with Gasteiger partial charge in [-0.15, -0.1) is 0 Å². The maximum Gasteiger partial charge on any atom is 0.338 e. The lowest BCUT2D eigenvalue weighted by Crippen LogP contribution is -2.35. The van der Waals surface area contributed by atoms with Crippen molar-refractivity contribution >= 4 is 17.6 Å². The Morgan fingerprint density at radius 2 is 1.95 bits per heavy atom. The molecule has 0 heterocycles. The minimum absolute atomic E-state index is 0.0905. The summed E-state index contributed by atoms with van der Waals surface area (Å²) in [6.07, 6.45) is 1.89. The zero-order valence-electron chi connectivity index (χ0n) is 11.3. The van der Waals surface area contributed by atoms with Crippen LogP contribution in [0.25, 0.3) is 0 Å². The molecule has 0 bridgehead atoms. The predicted octanol–water partition coefficient (Wildman–Crippen LogP) is 1.73. The van der Waals surface area contributed by atoms with Crippen molar-refractivity contribution < 1.29 is 14.3 Å². The van der Waals surface area contributed by atoms with Crippen molar-refractivity contribution in [2.24, 2.45) is 0 Å². The van der Waals surface area contributed by atoms with Gasteiger partial charge in [-0.05, 0) is 37.6 Å². The molecule has 19 heavy (non-hydrogen) atoms. The highest BCUT2D eigenvalue weighted by Gasteiger charge is 2.11. The molecule has 1 atom stereocenters. The molecule has 0 aliphatic rings. The number of amides is 1. The maximum absolute atomic E-state index is 11.6. The van der Waals surface area contributed by atoms with Gasteiger partial charge in [0.05, 0.1) is 5.56 Å². The summed E-state index contributed by atoms with van der Waals surface area (Å²) in [4.78, 5) is 23.1. The van der Waals surface area contributed by atoms with E-state index in [2.05, 4.69) is 5.32 Å². The second kappa shape index (κ2) is 7.41. The van der Waals surface area contributed by atoms with Gasteiger partial charge in [-0.1, -0.05) is 13.3 Å². The van der Waals surface area contributed by atoms with Crippen LogP contribution in [0.3, 0.4) is 0 Å². The number of nitrogen functional groups attached to an aromatic ring is 1. The van der Waals surface area contributed by atoms with E-state index in [0.29, 0.717) is 11.3 Å². The van der Waals surface area contributed by atoms with Crippen molar-refractivity contribution in [2.75, 3.05) is 12.3 Å². The number of anilines is 1. The maximum atomic E-state index is 11.6. The molecule has 0 fully saturated rings. The van der Waals surface area contributed by atoms with Gasteiger partial charge in [-0.2, -0.15) is 0 Å². The molecule has 0 saturated carbocycles. The first kappa shape index (κ1) is 15.0. The van der Waals surface area contributed by atoms with Crippen molar-refractivity contribution in [1.82, 2.24) is 5.32 Å². The largest absolute Gasteiger partial charge is 0.452 e. The first-order chi connectivity index (χ1) is 9.02. The van der Waals surface area contributed by atoms with Crippen molar-refractivity contribution in [3.8, 4) is 0 Å². The van der Waals surface area contributed by atoms with Gasteiger partial charge in [-0.25, -0.2) is 4.79 Å². The zero-order valence-corrected chi connectivity index (χ0v) is 11.3. The van der Waals surface area contributed by atoms with Crippen LogP contribution in [0.15, 0.2) is 24.3 Å². The molecule has 1 amide bonds. The number of benzene rings is 1. The molecular weight excluding hydrogens is 244 g/mol. The van der Waals surface area contributed by atoms with Gasteiger partial charge in [0.15, 0.2) is 6.61 Å². The summed E-state index contributed by atoms with van der Waals surface area (Å²) in [6, 6.07) is 6.44. The second-order valence-electron chi connectivity index (χ2n) is 4.46. The third-order valence-corrected chi connectivity index (χ3v) is 2.61. The van der Waals surface area contributed by atoms with E-state index in [1.165, 1.54) is 0 Å². The van der Waals surface area contributed by atoms with E-state index in [1.807, 2.05) is 13.8 Å². The zero-order chi connectivity index (χ0) is 14.3. The van der Waals surface area contributed by atoms with Gasteiger partial charge in [0, 0.05) is 11.7 Å². The highest BCUT2D eigenvalue weighted by molar-refractivity contribution is 5.91. The monoisotopic (exact) mass is 264 g/mol. The number of rotatable bonds is 6. The van der Waals surface area contributed by atoms with Crippen LogP contribution in [-0.2, 0) is 9.53 Å². The lowest BCUT2D eigenvalue weighted by Gasteiger charge is -2.12. The Balaban J connectivity index is 2.37. The molecule has 3 N–H and O–H groups in total. The van der Waals surface area contributed by atoms with Gasteiger partial charge in [0.25, 0.3) is 5.91 Å². The first-order valence-electron chi connectivity index (χ1n) is 6.35. The Bertz CT molecular complexity index is 429. The Morgan fingerprint density at radius 3 is 2.53 bits per heavy atom. The first-order valence-corrected chi connectivity index (χ1v) is 6.35. The standard InChI is InChI=1S/C14H20N2O3/c1-3-4-10(2)16-13(17)9-19-14(18)11-5-7-12(15)8-6-11/h5-8,10H,3-4,9,15H2,1-2H3,(H,16,17)/t10-/m1/s1. The van der Waals surface area contributed by atoms with Crippen LogP contribution in [0.4, 0.5) is 5.69 Å². The lowest BCUT2D eigenvalue weighted by atomic mass is 10.2. The predicted molar refractivity (Wildman–Crippen MR) is 73.6 cm³/mol. The molecule has 104 valence electrons. The molecule has 0 aromatic heterocycles. The van der Waals surface area contributed by atoms with Crippen LogP contribution < -0.4 is 11.1 Å². The molecular formula is C14H20N2O3. The SMILES string of the molecule is CCC[C@@H](C)NC(=O)COC(=O)c1ccc(N)cc1. The fourth-order valence-electron chi connectivity index (χ4n) is 1.66. The Kier molecular flexibility index (Phi) is 5.85. The molecule has 0 aliphatic carbocycles. The molecule has 5 nitrogen and oxygen atoms in total. The van der Waals surface area contributed by atoms with Crippen LogP contribution in [-0.4, -0.2) is 24.5 Å². The number of nitrogens with two attached hydrogens (primary N) is 1. The van der Waals surface area contributed by atoms with Crippen molar-refractivity contribution in [2.45, 2.75) is 32.7 Å². The van der Waals surface area contributed by atoms with Gasteiger partial charge >= 0.3 is 5.97 Å². The normalized spacial score (nSPS) is 11.7. The van der Waals surface area contributed by atoms with E-state index in [1.54, 1.807) is 24.3 Å². The third kappa shape index (κ3) is 5.42. The summed E-state index contributed by atoms with van der Waals surface area (Å²) < 4.78 is 4.92. The number of carbonyl (C=O) groups is 2. The average molecular weight is 264 g/mol. The number of ether oxygens (including phenoxy) is 1. The Labute approximate surface area is 113 Å². The summed E-state index contributed by atoms with van der Waals surface area (Å²) in [5.74, 6) is -0.817. The molecule has 5 heteroatoms. The van der Waals surface area contributed by atoms with Gasteiger partial charge < -0.3 is 15.8 Å². The van der Waals surface area contributed by atoms with Crippen LogP contribution in [0, 0.1) is 0 Å². The number of nitrogens with one attached hydrogen (secondary N) is 1. The minimum atomic E-state index is -0.529. The van der Waals surface area contributed by atoms with Crippen molar-refractivity contribution in [1.29, 1.82) is 0 Å². The molecule has 1 rings (SSSR count). The van der Waals surface area contributed by atoms with Gasteiger partial charge in [0.2, 0.25) is 0 Å². The van der Waals surface area contributed by atoms with Crippen LogP contribution in [0.5, 0.6) is 0 Å². The Hall–Kier alpha value is -2.04. The molecule has 0 aliphatic heterocycles. The van der Waals surface area contributed by atoms with E-state index in [4.69, 9.17) is 10.5 Å². The van der Waals surface area contributed by atoms with Crippen LogP contribution in [0.1, 0.15) is 37.0 Å². The highest BCUT2D eigenvalue weighted by atomic mass is 16.5. The van der Waals surface area contributed by atoms with E-state index >= 15 is 0 Å². The summed E-state index contributed by atoms with van der Waals surface area (Å²) >= 11 is 0. The summed E-state index contributed by atoms with van der Waals surface area (Å²) in [7, 11) is 0. The Morgan fingerprint density at radius 1 is 1.32 bits per heavy atom. The van der Waals surface area contributed by atoms with E-state index < -0.39 is 5.97 Å². The highest BCUT2D eigenvalue weighted by Crippen LogP contribution is 2.06. The van der Waals surface area contributed by atoms with Crippen molar-refractivity contribution in [3.63, 3.8) is 0 Å². The van der Waals surface area contributed by atoms with Crippen molar-refractivity contribution in [3.05, 3.63) is 29.8 Å². The molecule has 0 saturated heterocycles. The third-order valence-electron chi connectivity index (χ3n) is 2.61. The number of hydrogen-bond donors (Lipinski definition) is 2. The molecule has 0 radical (unpaired) electrons. The van der Waals surface area contributed by atoms with E-state index in [-0.39, 0.29) is 18.6 Å². The lowest BCUT2D eigenvalue weighted by molar-refractivity contribution is -0.124. The van der Waals surface area contributed by atoms with Crippen LogP contribution in [0.2, 0.25) is 0 Å². The minimum Gasteiger partial charge on any atom is -0.452 e. The number of hydrogen-bond acceptors (Lipinski definition) is 4. The molecule has 0 spiro atoms. The topological polar surface area (TPSA) is 81.4 Å². The van der Waals surface area contributed by atoms with E-state index in [0.717, 1.165) is 12.8 Å². The quantitative estimate of drug-likeness (QED) is 0.605. The molecule has 1 aromatic carbocycles. The summed E-state index contributed by atoms with van der Waals surface area (Å²) in [5, 5.41) is 2.76. The summed E-state index contributed by atoms with van der Waals surface area (Å²) in [6.45, 7) is 3.70. The average Bonchev–Trinajstić information content (AvgIpc) is 2.37. The van der Waals surface area contributed by atoms with Crippen LogP contribution >= 0.6 is 0 Å². The van der Waals surface area contributed by atoms with E-state index in [9.17, 15) is 9.59 Å².